The minimum atomic E-state index is -0.458. The molecule has 1 aliphatic rings. The van der Waals surface area contributed by atoms with Crippen LogP contribution in [-0.4, -0.2) is 23.1 Å². The van der Waals surface area contributed by atoms with E-state index in [9.17, 15) is 14.9 Å². The number of benzene rings is 2. The molecule has 1 aliphatic heterocycles. The molecule has 0 saturated carbocycles. The van der Waals surface area contributed by atoms with Crippen LogP contribution in [-0.2, 0) is 11.2 Å². The molecule has 0 saturated heterocycles. The number of fused-ring (bicyclic) bond motifs is 1. The van der Waals surface area contributed by atoms with Crippen LogP contribution in [0.1, 0.15) is 18.9 Å². The van der Waals surface area contributed by atoms with E-state index in [2.05, 4.69) is 16.0 Å². The quantitative estimate of drug-likeness (QED) is 0.406. The lowest BCUT2D eigenvalue weighted by atomic mass is 10.0. The summed E-state index contributed by atoms with van der Waals surface area (Å²) in [5.74, 6) is 0.484. The summed E-state index contributed by atoms with van der Waals surface area (Å²) in [5, 5.41) is 20.1. The summed E-state index contributed by atoms with van der Waals surface area (Å²) >= 11 is 5.35. The largest absolute Gasteiger partial charge is 0.494 e. The Labute approximate surface area is 167 Å². The number of methoxy groups -OCH3 is 1. The molecule has 0 bridgehead atoms. The number of carbonyl (C=O) groups is 1. The molecule has 3 rings (SSSR count). The van der Waals surface area contributed by atoms with Gasteiger partial charge in [-0.05, 0) is 48.8 Å². The van der Waals surface area contributed by atoms with E-state index in [0.717, 1.165) is 24.1 Å². The van der Waals surface area contributed by atoms with Gasteiger partial charge in [0.05, 0.1) is 17.7 Å². The fourth-order valence-corrected chi connectivity index (χ4v) is 3.15. The predicted molar refractivity (Wildman–Crippen MR) is 112 cm³/mol. The molecular formula is C19H20N4O4S. The number of hydrogen-bond donors (Lipinski definition) is 3. The predicted octanol–water partition coefficient (Wildman–Crippen LogP) is 3.93. The van der Waals surface area contributed by atoms with Crippen LogP contribution < -0.4 is 20.7 Å². The summed E-state index contributed by atoms with van der Waals surface area (Å²) in [5.41, 5.74) is 3.04. The van der Waals surface area contributed by atoms with Gasteiger partial charge >= 0.3 is 0 Å². The Hall–Kier alpha value is -3.20. The van der Waals surface area contributed by atoms with Gasteiger partial charge in [0.15, 0.2) is 5.11 Å². The molecule has 1 unspecified atom stereocenters. The Balaban J connectivity index is 1.77. The zero-order chi connectivity index (χ0) is 20.3. The van der Waals surface area contributed by atoms with E-state index in [1.54, 1.807) is 25.3 Å². The lowest BCUT2D eigenvalue weighted by Gasteiger charge is -2.17. The van der Waals surface area contributed by atoms with E-state index < -0.39 is 4.92 Å². The minimum absolute atomic E-state index is 0.00290. The highest BCUT2D eigenvalue weighted by Crippen LogP contribution is 2.35. The van der Waals surface area contributed by atoms with Gasteiger partial charge in [-0.15, -0.1) is 0 Å². The second-order valence-electron chi connectivity index (χ2n) is 6.52. The highest BCUT2D eigenvalue weighted by atomic mass is 32.1. The molecule has 0 aromatic heterocycles. The number of non-ortho nitro benzene ring substituents is 1. The fraction of sp³-hybridized carbons (Fsp3) is 0.263. The first-order chi connectivity index (χ1) is 13.4. The van der Waals surface area contributed by atoms with E-state index in [1.807, 2.05) is 13.0 Å². The van der Waals surface area contributed by atoms with Crippen LogP contribution in [0.5, 0.6) is 5.75 Å². The molecule has 28 heavy (non-hydrogen) atoms. The first kappa shape index (κ1) is 19.6. The van der Waals surface area contributed by atoms with Gasteiger partial charge in [0, 0.05) is 35.5 Å². The van der Waals surface area contributed by atoms with Gasteiger partial charge in [0.2, 0.25) is 5.91 Å². The zero-order valence-corrected chi connectivity index (χ0v) is 16.3. The Kier molecular flexibility index (Phi) is 5.74. The average molecular weight is 400 g/mol. The van der Waals surface area contributed by atoms with E-state index in [0.29, 0.717) is 22.2 Å². The van der Waals surface area contributed by atoms with Crippen molar-refractivity contribution >= 4 is 46.0 Å². The highest BCUT2D eigenvalue weighted by molar-refractivity contribution is 7.80. The van der Waals surface area contributed by atoms with Crippen molar-refractivity contribution in [2.45, 2.75) is 19.8 Å². The molecule has 0 radical (unpaired) electrons. The SMILES string of the molecule is COc1cc2c(cc1NC(=S)Nc1ccc([N+](=O)[O-])cc1)CCC(C)C(=O)N2. The summed E-state index contributed by atoms with van der Waals surface area (Å²) in [6, 6.07) is 9.66. The third kappa shape index (κ3) is 4.37. The highest BCUT2D eigenvalue weighted by Gasteiger charge is 2.21. The van der Waals surface area contributed by atoms with E-state index in [-0.39, 0.29) is 17.5 Å². The van der Waals surface area contributed by atoms with Gasteiger partial charge in [-0.3, -0.25) is 14.9 Å². The summed E-state index contributed by atoms with van der Waals surface area (Å²) in [7, 11) is 1.54. The Bertz CT molecular complexity index is 930. The molecular weight excluding hydrogens is 380 g/mol. The van der Waals surface area contributed by atoms with Crippen LogP contribution in [0.4, 0.5) is 22.7 Å². The standard InChI is InChI=1S/C19H20N4O4S/c1-11-3-4-12-9-16(17(27-2)10-15(12)21-18(11)24)22-19(28)20-13-5-7-14(8-6-13)23(25)26/h5-11H,3-4H2,1-2H3,(H,21,24)(H2,20,22,28). The van der Waals surface area contributed by atoms with Crippen LogP contribution in [0.3, 0.4) is 0 Å². The number of thiocarbonyl (C=S) groups is 1. The van der Waals surface area contributed by atoms with Crippen molar-refractivity contribution in [1.82, 2.24) is 0 Å². The number of hydrogen-bond acceptors (Lipinski definition) is 5. The van der Waals surface area contributed by atoms with Gasteiger partial charge in [-0.25, -0.2) is 0 Å². The van der Waals surface area contributed by atoms with Crippen molar-refractivity contribution < 1.29 is 14.5 Å². The topological polar surface area (TPSA) is 106 Å². The number of nitro groups is 1. The molecule has 146 valence electrons. The molecule has 9 heteroatoms. The molecule has 3 N–H and O–H groups in total. The Morgan fingerprint density at radius 1 is 1.29 bits per heavy atom. The average Bonchev–Trinajstić information content (AvgIpc) is 2.80. The van der Waals surface area contributed by atoms with Crippen molar-refractivity contribution in [2.24, 2.45) is 5.92 Å². The normalized spacial score (nSPS) is 15.6. The van der Waals surface area contributed by atoms with Gasteiger partial charge < -0.3 is 20.7 Å². The van der Waals surface area contributed by atoms with Crippen molar-refractivity contribution in [2.75, 3.05) is 23.1 Å². The van der Waals surface area contributed by atoms with Crippen LogP contribution in [0.25, 0.3) is 0 Å². The first-order valence-corrected chi connectivity index (χ1v) is 9.12. The number of ether oxygens (including phenoxy) is 1. The number of nitrogens with zero attached hydrogens (tertiary/aromatic N) is 1. The second kappa shape index (κ2) is 8.22. The van der Waals surface area contributed by atoms with Gasteiger partial charge in [0.1, 0.15) is 5.75 Å². The van der Waals surface area contributed by atoms with Crippen molar-refractivity contribution in [3.05, 3.63) is 52.1 Å². The molecule has 2 aromatic carbocycles. The van der Waals surface area contributed by atoms with Gasteiger partial charge in [-0.2, -0.15) is 0 Å². The number of anilines is 3. The monoisotopic (exact) mass is 400 g/mol. The van der Waals surface area contributed by atoms with E-state index >= 15 is 0 Å². The molecule has 0 spiro atoms. The number of nitro benzene ring substituents is 1. The molecule has 1 heterocycles. The summed E-state index contributed by atoms with van der Waals surface area (Å²) < 4.78 is 5.43. The van der Waals surface area contributed by atoms with E-state index in [1.165, 1.54) is 12.1 Å². The fourth-order valence-electron chi connectivity index (χ4n) is 2.92. The number of aryl methyl sites for hydroxylation is 1. The number of amides is 1. The molecule has 0 fully saturated rings. The molecule has 1 amide bonds. The van der Waals surface area contributed by atoms with Gasteiger partial charge in [-0.1, -0.05) is 6.92 Å². The van der Waals surface area contributed by atoms with Crippen molar-refractivity contribution in [3.8, 4) is 5.75 Å². The third-order valence-corrected chi connectivity index (χ3v) is 4.77. The van der Waals surface area contributed by atoms with E-state index in [4.69, 9.17) is 17.0 Å². The maximum atomic E-state index is 12.1. The number of rotatable bonds is 4. The van der Waals surface area contributed by atoms with Crippen molar-refractivity contribution in [1.29, 1.82) is 0 Å². The zero-order valence-electron chi connectivity index (χ0n) is 15.4. The molecule has 2 aromatic rings. The maximum absolute atomic E-state index is 12.1. The second-order valence-corrected chi connectivity index (χ2v) is 6.93. The van der Waals surface area contributed by atoms with Crippen molar-refractivity contribution in [3.63, 3.8) is 0 Å². The third-order valence-electron chi connectivity index (χ3n) is 4.56. The van der Waals surface area contributed by atoms with Crippen LogP contribution in [0.15, 0.2) is 36.4 Å². The maximum Gasteiger partial charge on any atom is 0.269 e. The summed E-state index contributed by atoms with van der Waals surface area (Å²) in [6.45, 7) is 1.90. The minimum Gasteiger partial charge on any atom is -0.494 e. The summed E-state index contributed by atoms with van der Waals surface area (Å²) in [4.78, 5) is 22.3. The smallest absolute Gasteiger partial charge is 0.269 e. The molecule has 8 nitrogen and oxygen atoms in total. The Morgan fingerprint density at radius 2 is 2.00 bits per heavy atom. The van der Waals surface area contributed by atoms with Crippen LogP contribution in [0.2, 0.25) is 0 Å². The first-order valence-electron chi connectivity index (χ1n) is 8.71. The number of nitrogens with one attached hydrogen (secondary N) is 3. The van der Waals surface area contributed by atoms with Gasteiger partial charge in [0.25, 0.3) is 5.69 Å². The van der Waals surface area contributed by atoms with Crippen LogP contribution >= 0.6 is 12.2 Å². The molecule has 0 aliphatic carbocycles. The number of carbonyl (C=O) groups excluding carboxylic acids is 1. The lowest BCUT2D eigenvalue weighted by Crippen LogP contribution is -2.20. The Morgan fingerprint density at radius 3 is 2.64 bits per heavy atom. The van der Waals surface area contributed by atoms with Crippen LogP contribution in [0, 0.1) is 16.0 Å². The lowest BCUT2D eigenvalue weighted by molar-refractivity contribution is -0.384. The molecule has 1 atom stereocenters. The summed E-state index contributed by atoms with van der Waals surface area (Å²) in [6.07, 6.45) is 1.52.